The number of nitrogens with two attached hydrogens (primary N) is 1. The molecule has 0 aromatic rings. The summed E-state index contributed by atoms with van der Waals surface area (Å²) < 4.78 is 0. The number of nitrogens with zero attached hydrogens (tertiary/aromatic N) is 1. The van der Waals surface area contributed by atoms with Gasteiger partial charge in [-0.2, -0.15) is 0 Å². The van der Waals surface area contributed by atoms with E-state index in [1.165, 1.54) is 0 Å². The third kappa shape index (κ3) is 1.20. The molecular formula is C5H11N3. The lowest BCUT2D eigenvalue weighted by Crippen LogP contribution is -2.51. The van der Waals surface area contributed by atoms with E-state index in [0.717, 1.165) is 13.1 Å². The fourth-order valence-corrected chi connectivity index (χ4v) is 0.653. The molecule has 0 spiro atoms. The van der Waals surface area contributed by atoms with Crippen molar-refractivity contribution in [2.75, 3.05) is 13.1 Å². The second-order valence-electron chi connectivity index (χ2n) is 2.50. The SMILES string of the molecule is CC1(N)CN=CNC1. The zero-order valence-corrected chi connectivity index (χ0v) is 5.02. The van der Waals surface area contributed by atoms with Gasteiger partial charge in [0, 0.05) is 12.1 Å². The van der Waals surface area contributed by atoms with Crippen molar-refractivity contribution >= 4 is 6.34 Å². The molecule has 0 aliphatic carbocycles. The third-order valence-electron chi connectivity index (χ3n) is 1.14. The Hall–Kier alpha value is -0.570. The van der Waals surface area contributed by atoms with Gasteiger partial charge in [-0.1, -0.05) is 0 Å². The first-order valence-electron chi connectivity index (χ1n) is 2.71. The van der Waals surface area contributed by atoms with E-state index in [2.05, 4.69) is 10.3 Å². The summed E-state index contributed by atoms with van der Waals surface area (Å²) in [5.74, 6) is 0. The van der Waals surface area contributed by atoms with Crippen LogP contribution in [0.1, 0.15) is 6.92 Å². The smallest absolute Gasteiger partial charge is 0.0825 e. The van der Waals surface area contributed by atoms with E-state index in [-0.39, 0.29) is 5.54 Å². The monoisotopic (exact) mass is 113 g/mol. The first-order valence-corrected chi connectivity index (χ1v) is 2.71. The third-order valence-corrected chi connectivity index (χ3v) is 1.14. The summed E-state index contributed by atoms with van der Waals surface area (Å²) >= 11 is 0. The molecule has 8 heavy (non-hydrogen) atoms. The Bertz CT molecular complexity index is 106. The molecule has 0 saturated heterocycles. The molecule has 3 N–H and O–H groups in total. The van der Waals surface area contributed by atoms with Crippen LogP contribution in [-0.2, 0) is 0 Å². The summed E-state index contributed by atoms with van der Waals surface area (Å²) in [6.45, 7) is 3.55. The van der Waals surface area contributed by atoms with Gasteiger partial charge in [0.1, 0.15) is 0 Å². The Labute approximate surface area is 49.0 Å². The summed E-state index contributed by atoms with van der Waals surface area (Å²) in [6, 6.07) is 0. The minimum atomic E-state index is -0.130. The van der Waals surface area contributed by atoms with Crippen molar-refractivity contribution in [3.63, 3.8) is 0 Å². The van der Waals surface area contributed by atoms with Crippen molar-refractivity contribution in [2.24, 2.45) is 10.7 Å². The second-order valence-corrected chi connectivity index (χ2v) is 2.50. The van der Waals surface area contributed by atoms with E-state index < -0.39 is 0 Å². The first kappa shape index (κ1) is 5.56. The molecule has 0 aromatic heterocycles. The van der Waals surface area contributed by atoms with Crippen LogP contribution in [0.5, 0.6) is 0 Å². The largest absolute Gasteiger partial charge is 0.375 e. The van der Waals surface area contributed by atoms with E-state index >= 15 is 0 Å². The van der Waals surface area contributed by atoms with Crippen molar-refractivity contribution < 1.29 is 0 Å². The minimum Gasteiger partial charge on any atom is -0.375 e. The van der Waals surface area contributed by atoms with Crippen LogP contribution in [0.15, 0.2) is 4.99 Å². The van der Waals surface area contributed by atoms with Crippen LogP contribution >= 0.6 is 0 Å². The van der Waals surface area contributed by atoms with Gasteiger partial charge in [0.25, 0.3) is 0 Å². The van der Waals surface area contributed by atoms with Crippen LogP contribution in [0.25, 0.3) is 0 Å². The summed E-state index contributed by atoms with van der Waals surface area (Å²) in [6.07, 6.45) is 1.70. The van der Waals surface area contributed by atoms with Gasteiger partial charge in [-0.15, -0.1) is 0 Å². The van der Waals surface area contributed by atoms with Crippen molar-refractivity contribution in [1.82, 2.24) is 5.32 Å². The molecule has 0 amide bonds. The zero-order chi connectivity index (χ0) is 6.04. The molecule has 3 nitrogen and oxygen atoms in total. The first-order chi connectivity index (χ1) is 3.71. The highest BCUT2D eigenvalue weighted by Gasteiger charge is 2.18. The highest BCUT2D eigenvalue weighted by Crippen LogP contribution is 1.98. The van der Waals surface area contributed by atoms with Crippen molar-refractivity contribution in [3.8, 4) is 0 Å². The summed E-state index contributed by atoms with van der Waals surface area (Å²) in [7, 11) is 0. The molecule has 1 heterocycles. The summed E-state index contributed by atoms with van der Waals surface area (Å²) in [4.78, 5) is 3.97. The number of hydrogen-bond donors (Lipinski definition) is 2. The average Bonchev–Trinajstić information content (AvgIpc) is 1.65. The molecule has 0 aromatic carbocycles. The van der Waals surface area contributed by atoms with Crippen LogP contribution in [0, 0.1) is 0 Å². The van der Waals surface area contributed by atoms with Crippen molar-refractivity contribution in [1.29, 1.82) is 0 Å². The van der Waals surface area contributed by atoms with Crippen molar-refractivity contribution in [3.05, 3.63) is 0 Å². The van der Waals surface area contributed by atoms with Crippen LogP contribution in [0.2, 0.25) is 0 Å². The Kier molecular flexibility index (Phi) is 1.21. The maximum absolute atomic E-state index is 5.70. The lowest BCUT2D eigenvalue weighted by molar-refractivity contribution is 0.460. The molecule has 1 aliphatic rings. The quantitative estimate of drug-likeness (QED) is 0.438. The highest BCUT2D eigenvalue weighted by molar-refractivity contribution is 5.55. The second kappa shape index (κ2) is 1.74. The molecule has 1 unspecified atom stereocenters. The molecular weight excluding hydrogens is 102 g/mol. The van der Waals surface area contributed by atoms with Crippen LogP contribution in [-0.4, -0.2) is 25.0 Å². The zero-order valence-electron chi connectivity index (χ0n) is 5.02. The molecule has 0 bridgehead atoms. The molecule has 0 radical (unpaired) electrons. The van der Waals surface area contributed by atoms with Gasteiger partial charge in [0.15, 0.2) is 0 Å². The van der Waals surface area contributed by atoms with Gasteiger partial charge in [0.05, 0.1) is 12.9 Å². The predicted molar refractivity (Wildman–Crippen MR) is 34.0 cm³/mol. The normalized spacial score (nSPS) is 36.8. The Balaban J connectivity index is 2.50. The Morgan fingerprint density at radius 3 is 2.88 bits per heavy atom. The van der Waals surface area contributed by atoms with Gasteiger partial charge in [0.2, 0.25) is 0 Å². The molecule has 1 aliphatic heterocycles. The molecule has 1 atom stereocenters. The van der Waals surface area contributed by atoms with E-state index in [9.17, 15) is 0 Å². The molecule has 0 saturated carbocycles. The minimum absolute atomic E-state index is 0.130. The Morgan fingerprint density at radius 2 is 2.62 bits per heavy atom. The van der Waals surface area contributed by atoms with Crippen LogP contribution in [0.3, 0.4) is 0 Å². The molecule has 1 rings (SSSR count). The van der Waals surface area contributed by atoms with E-state index in [1.54, 1.807) is 6.34 Å². The maximum atomic E-state index is 5.70. The lowest BCUT2D eigenvalue weighted by Gasteiger charge is -2.25. The van der Waals surface area contributed by atoms with E-state index in [1.807, 2.05) is 6.92 Å². The lowest BCUT2D eigenvalue weighted by atomic mass is 10.0. The van der Waals surface area contributed by atoms with Gasteiger partial charge in [-0.25, -0.2) is 0 Å². The topological polar surface area (TPSA) is 50.4 Å². The fraction of sp³-hybridized carbons (Fsp3) is 0.800. The van der Waals surface area contributed by atoms with E-state index in [0.29, 0.717) is 0 Å². The van der Waals surface area contributed by atoms with Gasteiger partial charge in [-0.3, -0.25) is 4.99 Å². The van der Waals surface area contributed by atoms with Gasteiger partial charge < -0.3 is 11.1 Å². The molecule has 46 valence electrons. The highest BCUT2D eigenvalue weighted by atomic mass is 15.0. The fourth-order valence-electron chi connectivity index (χ4n) is 0.653. The van der Waals surface area contributed by atoms with Gasteiger partial charge in [-0.05, 0) is 6.92 Å². The van der Waals surface area contributed by atoms with Crippen LogP contribution < -0.4 is 11.1 Å². The molecule has 3 heteroatoms. The maximum Gasteiger partial charge on any atom is 0.0825 e. The summed E-state index contributed by atoms with van der Waals surface area (Å²) in [5, 5.41) is 2.96. The molecule has 0 fully saturated rings. The number of nitrogens with one attached hydrogen (secondary N) is 1. The van der Waals surface area contributed by atoms with E-state index in [4.69, 9.17) is 5.73 Å². The van der Waals surface area contributed by atoms with Crippen molar-refractivity contribution in [2.45, 2.75) is 12.5 Å². The van der Waals surface area contributed by atoms with Crippen LogP contribution in [0.4, 0.5) is 0 Å². The standard InChI is InChI=1S/C5H11N3/c1-5(6)2-7-4-8-3-5/h4H,2-3,6H2,1H3,(H,7,8). The number of aliphatic imine (C=N–C) groups is 1. The Morgan fingerprint density at radius 1 is 1.88 bits per heavy atom. The summed E-state index contributed by atoms with van der Waals surface area (Å²) in [5.41, 5.74) is 5.57. The van der Waals surface area contributed by atoms with Gasteiger partial charge >= 0.3 is 0 Å². The average molecular weight is 113 g/mol. The number of rotatable bonds is 0. The predicted octanol–water partition coefficient (Wildman–Crippen LogP) is -0.665. The number of hydrogen-bond acceptors (Lipinski definition) is 3.